The smallest absolute Gasteiger partial charge is 0.269 e. The van der Waals surface area contributed by atoms with Crippen molar-refractivity contribution in [3.8, 4) is 0 Å². The first-order chi connectivity index (χ1) is 14.4. The Morgan fingerprint density at radius 1 is 1.06 bits per heavy atom. The van der Waals surface area contributed by atoms with Gasteiger partial charge in [0.1, 0.15) is 9.92 Å². The summed E-state index contributed by atoms with van der Waals surface area (Å²) in [6, 6.07) is 11.2. The van der Waals surface area contributed by atoms with Crippen molar-refractivity contribution in [3.63, 3.8) is 0 Å². The lowest BCUT2D eigenvalue weighted by Gasteiger charge is -2.19. The topological polar surface area (TPSA) is 132 Å². The Hall–Kier alpha value is -2.96. The predicted molar refractivity (Wildman–Crippen MR) is 114 cm³/mol. The maximum atomic E-state index is 13.2. The predicted octanol–water partition coefficient (Wildman–Crippen LogP) is 3.12. The minimum atomic E-state index is -4.44. The van der Waals surface area contributed by atoms with Gasteiger partial charge in [0.25, 0.3) is 25.7 Å². The second-order valence-electron chi connectivity index (χ2n) is 6.53. The van der Waals surface area contributed by atoms with Crippen molar-refractivity contribution in [1.82, 2.24) is 9.19 Å². The average molecular weight is 485 g/mol. The van der Waals surface area contributed by atoms with Crippen LogP contribution in [0.25, 0.3) is 0 Å². The number of benzene rings is 2. The number of nitrogens with zero attached hydrogens (tertiary/aromatic N) is 4. The summed E-state index contributed by atoms with van der Waals surface area (Å²) in [7, 11) is -7.24. The highest BCUT2D eigenvalue weighted by Gasteiger charge is 2.33. The van der Waals surface area contributed by atoms with Crippen LogP contribution in [0.15, 0.2) is 58.3 Å². The van der Waals surface area contributed by atoms with Gasteiger partial charge in [0.15, 0.2) is 0 Å². The highest BCUT2D eigenvalue weighted by atomic mass is 35.5. The van der Waals surface area contributed by atoms with E-state index in [4.69, 9.17) is 11.6 Å². The number of rotatable bonds is 6. The largest absolute Gasteiger partial charge is 0.289 e. The summed E-state index contributed by atoms with van der Waals surface area (Å²) >= 11 is 5.76. The van der Waals surface area contributed by atoms with E-state index in [0.29, 0.717) is 9.77 Å². The molecule has 1 heterocycles. The van der Waals surface area contributed by atoms with Gasteiger partial charge in [-0.3, -0.25) is 14.4 Å². The first kappa shape index (κ1) is 22.7. The van der Waals surface area contributed by atoms with Crippen LogP contribution in [0.4, 0.5) is 11.4 Å². The molecule has 0 saturated heterocycles. The summed E-state index contributed by atoms with van der Waals surface area (Å²) in [4.78, 5) is 9.59. The van der Waals surface area contributed by atoms with E-state index in [2.05, 4.69) is 5.10 Å². The van der Waals surface area contributed by atoms with Crippen molar-refractivity contribution in [2.45, 2.75) is 23.6 Å². The SMILES string of the molecule is Cc1nn(S(=O)(=O)c2ccc(Cl)c([N+](=O)[O-])c2)c(C)c1S(=O)(=O)N(C)c1ccccc1. The van der Waals surface area contributed by atoms with Gasteiger partial charge in [-0.05, 0) is 38.1 Å². The normalized spacial score (nSPS) is 12.0. The molecule has 0 spiro atoms. The quantitative estimate of drug-likeness (QED) is 0.387. The van der Waals surface area contributed by atoms with E-state index in [1.165, 1.54) is 20.9 Å². The van der Waals surface area contributed by atoms with Crippen molar-refractivity contribution >= 4 is 43.0 Å². The van der Waals surface area contributed by atoms with Gasteiger partial charge in [-0.2, -0.15) is 17.6 Å². The summed E-state index contributed by atoms with van der Waals surface area (Å²) in [5.74, 6) is 0. The lowest BCUT2D eigenvalue weighted by molar-refractivity contribution is -0.384. The molecule has 0 N–H and O–H groups in total. The van der Waals surface area contributed by atoms with Gasteiger partial charge in [-0.15, -0.1) is 0 Å². The third-order valence-electron chi connectivity index (χ3n) is 4.56. The minimum Gasteiger partial charge on any atom is -0.269 e. The number of halogens is 1. The van der Waals surface area contributed by atoms with E-state index in [-0.39, 0.29) is 21.3 Å². The second-order valence-corrected chi connectivity index (χ2v) is 10.6. The Morgan fingerprint density at radius 3 is 2.26 bits per heavy atom. The Morgan fingerprint density at radius 2 is 1.68 bits per heavy atom. The van der Waals surface area contributed by atoms with Gasteiger partial charge < -0.3 is 0 Å². The van der Waals surface area contributed by atoms with Crippen LogP contribution in [-0.2, 0) is 20.0 Å². The van der Waals surface area contributed by atoms with Gasteiger partial charge in [-0.1, -0.05) is 29.8 Å². The molecule has 13 heteroatoms. The Labute approximate surface area is 183 Å². The molecule has 0 fully saturated rings. The summed E-state index contributed by atoms with van der Waals surface area (Å²) in [6.07, 6.45) is 0. The van der Waals surface area contributed by atoms with Gasteiger partial charge in [0, 0.05) is 13.1 Å². The van der Waals surface area contributed by atoms with Gasteiger partial charge >= 0.3 is 0 Å². The van der Waals surface area contributed by atoms with Crippen LogP contribution in [-0.4, -0.2) is 38.0 Å². The highest BCUT2D eigenvalue weighted by molar-refractivity contribution is 7.93. The lowest BCUT2D eigenvalue weighted by atomic mass is 10.3. The summed E-state index contributed by atoms with van der Waals surface area (Å²) in [5, 5.41) is 14.8. The molecule has 164 valence electrons. The third kappa shape index (κ3) is 3.89. The molecule has 0 unspecified atom stereocenters. The average Bonchev–Trinajstić information content (AvgIpc) is 3.03. The standard InChI is InChI=1S/C18H17ClN4O6S2/c1-12-18(31(28,29)21(3)14-7-5-4-6-8-14)13(2)22(20-12)30(26,27)15-9-10-16(19)17(11-15)23(24)25/h4-11H,1-3H3. The monoisotopic (exact) mass is 484 g/mol. The molecule has 0 aliphatic rings. The number of aryl methyl sites for hydroxylation is 1. The van der Waals surface area contributed by atoms with Crippen LogP contribution in [0.1, 0.15) is 11.4 Å². The van der Waals surface area contributed by atoms with E-state index >= 15 is 0 Å². The number of hydrogen-bond donors (Lipinski definition) is 0. The lowest BCUT2D eigenvalue weighted by Crippen LogP contribution is -2.27. The van der Waals surface area contributed by atoms with Crippen LogP contribution < -0.4 is 4.31 Å². The number of para-hydroxylation sites is 1. The zero-order valence-electron chi connectivity index (χ0n) is 16.6. The molecule has 10 nitrogen and oxygen atoms in total. The molecular formula is C18H17ClN4O6S2. The molecule has 0 atom stereocenters. The number of hydrogen-bond acceptors (Lipinski definition) is 7. The van der Waals surface area contributed by atoms with E-state index < -0.39 is 35.6 Å². The van der Waals surface area contributed by atoms with Crippen molar-refractivity contribution in [1.29, 1.82) is 0 Å². The van der Waals surface area contributed by atoms with Crippen LogP contribution in [0.3, 0.4) is 0 Å². The van der Waals surface area contributed by atoms with E-state index in [1.54, 1.807) is 30.3 Å². The third-order valence-corrected chi connectivity index (χ3v) is 8.58. The van der Waals surface area contributed by atoms with Crippen molar-refractivity contribution in [2.75, 3.05) is 11.4 Å². The number of sulfonamides is 1. The zero-order valence-corrected chi connectivity index (χ0v) is 18.9. The number of nitro groups is 1. The van der Waals surface area contributed by atoms with Crippen molar-refractivity contribution in [2.24, 2.45) is 0 Å². The molecule has 3 aromatic rings. The fourth-order valence-corrected chi connectivity index (χ4v) is 6.19. The molecular weight excluding hydrogens is 468 g/mol. The molecule has 0 bridgehead atoms. The first-order valence-electron chi connectivity index (χ1n) is 8.68. The van der Waals surface area contributed by atoms with Crippen LogP contribution >= 0.6 is 11.6 Å². The van der Waals surface area contributed by atoms with Crippen LogP contribution in [0.2, 0.25) is 5.02 Å². The fourth-order valence-electron chi connectivity index (χ4n) is 3.02. The van der Waals surface area contributed by atoms with Gasteiger partial charge in [0.05, 0.1) is 26.9 Å². The first-order valence-corrected chi connectivity index (χ1v) is 11.9. The van der Waals surface area contributed by atoms with Crippen LogP contribution in [0, 0.1) is 24.0 Å². The number of anilines is 1. The molecule has 2 aromatic carbocycles. The van der Waals surface area contributed by atoms with Crippen LogP contribution in [0.5, 0.6) is 0 Å². The maximum absolute atomic E-state index is 13.2. The Bertz CT molecular complexity index is 1390. The van der Waals surface area contributed by atoms with Gasteiger partial charge in [-0.25, -0.2) is 8.42 Å². The fraction of sp³-hybridized carbons (Fsp3) is 0.167. The van der Waals surface area contributed by atoms with Gasteiger partial charge in [0.2, 0.25) is 0 Å². The molecule has 0 saturated carbocycles. The number of nitro benzene ring substituents is 1. The molecule has 31 heavy (non-hydrogen) atoms. The minimum absolute atomic E-state index is 0.0349. The molecule has 0 aliphatic carbocycles. The second kappa shape index (κ2) is 7.94. The maximum Gasteiger partial charge on any atom is 0.289 e. The summed E-state index contributed by atoms with van der Waals surface area (Å²) in [6.45, 7) is 2.67. The van der Waals surface area contributed by atoms with E-state index in [0.717, 1.165) is 22.5 Å². The summed E-state index contributed by atoms with van der Waals surface area (Å²) < 4.78 is 54.2. The van der Waals surface area contributed by atoms with Crippen molar-refractivity contribution < 1.29 is 21.8 Å². The zero-order chi connectivity index (χ0) is 23.1. The Balaban J connectivity index is 2.16. The molecule has 0 radical (unpaired) electrons. The summed E-state index contributed by atoms with van der Waals surface area (Å²) in [5.41, 5.74) is -0.406. The van der Waals surface area contributed by atoms with E-state index in [9.17, 15) is 26.9 Å². The molecule has 1 aromatic heterocycles. The number of aromatic nitrogens is 2. The Kier molecular flexibility index (Phi) is 5.82. The highest BCUT2D eigenvalue weighted by Crippen LogP contribution is 2.31. The molecule has 3 rings (SSSR count). The van der Waals surface area contributed by atoms with E-state index in [1.807, 2.05) is 0 Å². The van der Waals surface area contributed by atoms with Crippen molar-refractivity contribution in [3.05, 3.63) is 75.1 Å². The molecule has 0 amide bonds. The molecule has 0 aliphatic heterocycles.